The normalized spacial score (nSPS) is 9.05. The lowest BCUT2D eigenvalue weighted by Crippen LogP contribution is -1.80. The molecular formula is C19H19Cl. The highest BCUT2D eigenvalue weighted by molar-refractivity contribution is 6.23. The number of hydrogen-bond acceptors (Lipinski definition) is 0. The van der Waals surface area contributed by atoms with Crippen LogP contribution in [0.1, 0.15) is 16.7 Å². The van der Waals surface area contributed by atoms with Crippen molar-refractivity contribution in [3.8, 4) is 0 Å². The molecule has 0 saturated heterocycles. The molecule has 0 bridgehead atoms. The molecule has 102 valence electrons. The Hall–Kier alpha value is -2.05. The molecule has 0 fully saturated rings. The molecule has 20 heavy (non-hydrogen) atoms. The van der Waals surface area contributed by atoms with Gasteiger partial charge in [0, 0.05) is 5.88 Å². The van der Waals surface area contributed by atoms with Gasteiger partial charge in [0.05, 0.1) is 0 Å². The quantitative estimate of drug-likeness (QED) is 0.611. The molecule has 0 N–H and O–H groups in total. The van der Waals surface area contributed by atoms with Crippen LogP contribution in [0.2, 0.25) is 0 Å². The molecule has 0 atom stereocenters. The van der Waals surface area contributed by atoms with Crippen molar-refractivity contribution < 1.29 is 0 Å². The van der Waals surface area contributed by atoms with Gasteiger partial charge >= 0.3 is 0 Å². The second kappa shape index (κ2) is 8.95. The van der Waals surface area contributed by atoms with E-state index in [1.165, 1.54) is 0 Å². The zero-order valence-electron chi connectivity index (χ0n) is 11.6. The van der Waals surface area contributed by atoms with Crippen molar-refractivity contribution in [2.24, 2.45) is 0 Å². The van der Waals surface area contributed by atoms with E-state index in [-0.39, 0.29) is 0 Å². The zero-order valence-corrected chi connectivity index (χ0v) is 12.3. The third kappa shape index (κ3) is 4.91. The first-order chi connectivity index (χ1) is 9.72. The molecule has 0 radical (unpaired) electrons. The first-order valence-corrected chi connectivity index (χ1v) is 6.89. The van der Waals surface area contributed by atoms with Crippen molar-refractivity contribution in [2.45, 2.75) is 0 Å². The molecule has 0 aromatic heterocycles. The molecule has 0 aliphatic rings. The van der Waals surface area contributed by atoms with Crippen LogP contribution in [0.3, 0.4) is 0 Å². The Kier molecular flexibility index (Phi) is 7.16. The minimum absolute atomic E-state index is 0.504. The van der Waals surface area contributed by atoms with E-state index in [0.717, 1.165) is 22.3 Å². The molecule has 0 aliphatic carbocycles. The van der Waals surface area contributed by atoms with Gasteiger partial charge < -0.3 is 0 Å². The lowest BCUT2D eigenvalue weighted by atomic mass is 10.1. The van der Waals surface area contributed by atoms with Gasteiger partial charge in [-0.1, -0.05) is 86.5 Å². The monoisotopic (exact) mass is 282 g/mol. The number of alkyl halides is 1. The highest BCUT2D eigenvalue weighted by atomic mass is 35.5. The van der Waals surface area contributed by atoms with E-state index in [1.807, 2.05) is 66.7 Å². The smallest absolute Gasteiger partial charge is 0.0474 e. The Labute approximate surface area is 126 Å². The van der Waals surface area contributed by atoms with Gasteiger partial charge in [-0.3, -0.25) is 0 Å². The summed E-state index contributed by atoms with van der Waals surface area (Å²) in [6.07, 6.45) is 3.66. The summed E-state index contributed by atoms with van der Waals surface area (Å²) in [5.41, 5.74) is 4.37. The summed E-state index contributed by atoms with van der Waals surface area (Å²) in [5.74, 6) is 0.504. The minimum Gasteiger partial charge on any atom is -0.122 e. The number of rotatable bonds is 4. The van der Waals surface area contributed by atoms with Crippen LogP contribution in [0.4, 0.5) is 0 Å². The Morgan fingerprint density at radius 2 is 1.30 bits per heavy atom. The number of allylic oxidation sites excluding steroid dienone is 1. The summed E-state index contributed by atoms with van der Waals surface area (Å²) < 4.78 is 0. The zero-order chi connectivity index (χ0) is 14.8. The second-order valence-electron chi connectivity index (χ2n) is 4.14. The van der Waals surface area contributed by atoms with Gasteiger partial charge in [0.25, 0.3) is 0 Å². The van der Waals surface area contributed by atoms with Crippen LogP contribution in [-0.4, -0.2) is 5.88 Å². The third-order valence-corrected chi connectivity index (χ3v) is 3.10. The van der Waals surface area contributed by atoms with Crippen molar-refractivity contribution in [3.05, 3.63) is 91.0 Å². The van der Waals surface area contributed by atoms with E-state index < -0.39 is 0 Å². The molecule has 2 aromatic carbocycles. The summed E-state index contributed by atoms with van der Waals surface area (Å²) >= 11 is 5.59. The molecule has 0 saturated carbocycles. The molecule has 1 heteroatoms. The van der Waals surface area contributed by atoms with E-state index in [9.17, 15) is 0 Å². The Morgan fingerprint density at radius 3 is 1.70 bits per heavy atom. The van der Waals surface area contributed by atoms with Crippen molar-refractivity contribution in [2.75, 3.05) is 5.88 Å². The van der Waals surface area contributed by atoms with E-state index in [4.69, 9.17) is 11.6 Å². The molecule has 2 aromatic rings. The van der Waals surface area contributed by atoms with Crippen LogP contribution < -0.4 is 0 Å². The maximum Gasteiger partial charge on any atom is 0.0474 e. The van der Waals surface area contributed by atoms with Gasteiger partial charge in [-0.15, -0.1) is 11.6 Å². The lowest BCUT2D eigenvalue weighted by molar-refractivity contribution is 1.59. The highest BCUT2D eigenvalue weighted by Crippen LogP contribution is 2.12. The SMILES string of the molecule is C=C(CCl)c1ccccc1.C=Cc1ccccc1C=C. The fourth-order valence-corrected chi connectivity index (χ4v) is 1.79. The van der Waals surface area contributed by atoms with Crippen molar-refractivity contribution in [1.82, 2.24) is 0 Å². The van der Waals surface area contributed by atoms with Crippen LogP contribution in [-0.2, 0) is 0 Å². The summed E-state index contributed by atoms with van der Waals surface area (Å²) in [6, 6.07) is 18.0. The van der Waals surface area contributed by atoms with E-state index >= 15 is 0 Å². The number of benzene rings is 2. The lowest BCUT2D eigenvalue weighted by Gasteiger charge is -1.98. The fourth-order valence-electron chi connectivity index (χ4n) is 1.63. The second-order valence-corrected chi connectivity index (χ2v) is 4.41. The molecule has 0 nitrogen and oxygen atoms in total. The molecule has 0 aliphatic heterocycles. The van der Waals surface area contributed by atoms with Crippen LogP contribution in [0.25, 0.3) is 17.7 Å². The van der Waals surface area contributed by atoms with Crippen molar-refractivity contribution in [1.29, 1.82) is 0 Å². The minimum atomic E-state index is 0.504. The number of hydrogen-bond donors (Lipinski definition) is 0. The van der Waals surface area contributed by atoms with Gasteiger partial charge in [0.2, 0.25) is 0 Å². The summed E-state index contributed by atoms with van der Waals surface area (Å²) in [4.78, 5) is 0. The predicted octanol–water partition coefficient (Wildman–Crippen LogP) is 5.91. The first-order valence-electron chi connectivity index (χ1n) is 6.36. The first kappa shape index (κ1) is 16.0. The maximum atomic E-state index is 5.59. The van der Waals surface area contributed by atoms with Crippen LogP contribution in [0.15, 0.2) is 74.3 Å². The molecule has 0 amide bonds. The third-order valence-electron chi connectivity index (χ3n) is 2.78. The van der Waals surface area contributed by atoms with E-state index in [2.05, 4.69) is 19.7 Å². The van der Waals surface area contributed by atoms with Crippen molar-refractivity contribution in [3.63, 3.8) is 0 Å². The predicted molar refractivity (Wildman–Crippen MR) is 92.8 cm³/mol. The van der Waals surface area contributed by atoms with Gasteiger partial charge in [0.15, 0.2) is 0 Å². The van der Waals surface area contributed by atoms with Crippen LogP contribution in [0.5, 0.6) is 0 Å². The van der Waals surface area contributed by atoms with Gasteiger partial charge in [-0.05, 0) is 22.3 Å². The summed E-state index contributed by atoms with van der Waals surface area (Å²) in [6.45, 7) is 11.2. The molecule has 0 heterocycles. The standard InChI is InChI=1S/C10H10.C9H9Cl/c1-3-9-7-5-6-8-10(9)4-2;1-8(7-10)9-5-3-2-4-6-9/h3-8H,1-2H2;2-6H,1,7H2. The molecule has 2 rings (SSSR count). The van der Waals surface area contributed by atoms with E-state index in [0.29, 0.717) is 5.88 Å². The maximum absolute atomic E-state index is 5.59. The average Bonchev–Trinajstić information content (AvgIpc) is 2.55. The van der Waals surface area contributed by atoms with Gasteiger partial charge in [0.1, 0.15) is 0 Å². The summed E-state index contributed by atoms with van der Waals surface area (Å²) in [5, 5.41) is 0. The van der Waals surface area contributed by atoms with Gasteiger partial charge in [-0.25, -0.2) is 0 Å². The largest absolute Gasteiger partial charge is 0.122 e. The average molecular weight is 283 g/mol. The fraction of sp³-hybridized carbons (Fsp3) is 0.0526. The number of halogens is 1. The summed E-state index contributed by atoms with van der Waals surface area (Å²) in [7, 11) is 0. The topological polar surface area (TPSA) is 0 Å². The van der Waals surface area contributed by atoms with Crippen molar-refractivity contribution >= 4 is 29.3 Å². The Bertz CT molecular complexity index is 540. The Morgan fingerprint density at radius 1 is 0.850 bits per heavy atom. The van der Waals surface area contributed by atoms with Gasteiger partial charge in [-0.2, -0.15) is 0 Å². The molecule has 0 spiro atoms. The molecular weight excluding hydrogens is 264 g/mol. The highest BCUT2D eigenvalue weighted by Gasteiger charge is 1.92. The molecule has 0 unspecified atom stereocenters. The van der Waals surface area contributed by atoms with Crippen LogP contribution in [0, 0.1) is 0 Å². The van der Waals surface area contributed by atoms with Crippen LogP contribution >= 0.6 is 11.6 Å². The Balaban J connectivity index is 0.000000200. The van der Waals surface area contributed by atoms with E-state index in [1.54, 1.807) is 0 Å².